The van der Waals surface area contributed by atoms with E-state index in [0.717, 1.165) is 50.8 Å². The summed E-state index contributed by atoms with van der Waals surface area (Å²) in [6.45, 7) is 9.15. The fourth-order valence-electron chi connectivity index (χ4n) is 2.65. The maximum atomic E-state index is 5.73. The van der Waals surface area contributed by atoms with Crippen molar-refractivity contribution in [3.8, 4) is 11.5 Å². The van der Waals surface area contributed by atoms with Gasteiger partial charge in [-0.15, -0.1) is 0 Å². The highest BCUT2D eigenvalue weighted by molar-refractivity contribution is 5.43. The largest absolute Gasteiger partial charge is 0.490 e. The topological polar surface area (TPSA) is 39.7 Å². The van der Waals surface area contributed by atoms with Gasteiger partial charge in [0.05, 0.1) is 19.8 Å². The van der Waals surface area contributed by atoms with Crippen LogP contribution < -0.4 is 14.8 Å². The smallest absolute Gasteiger partial charge is 0.161 e. The van der Waals surface area contributed by atoms with E-state index < -0.39 is 0 Å². The van der Waals surface area contributed by atoms with Gasteiger partial charge in [-0.3, -0.25) is 0 Å². The van der Waals surface area contributed by atoms with Crippen LogP contribution in [0.2, 0.25) is 0 Å². The van der Waals surface area contributed by atoms with E-state index in [9.17, 15) is 0 Å². The van der Waals surface area contributed by atoms with Crippen LogP contribution in [0.3, 0.4) is 0 Å². The average molecular weight is 307 g/mol. The Morgan fingerprint density at radius 3 is 2.86 bits per heavy atom. The molecule has 4 heteroatoms. The summed E-state index contributed by atoms with van der Waals surface area (Å²) in [7, 11) is 0. The van der Waals surface area contributed by atoms with Crippen molar-refractivity contribution in [2.75, 3.05) is 33.0 Å². The molecule has 124 valence electrons. The third-order valence-corrected chi connectivity index (χ3v) is 3.79. The van der Waals surface area contributed by atoms with Crippen molar-refractivity contribution >= 4 is 0 Å². The van der Waals surface area contributed by atoms with E-state index in [2.05, 4.69) is 24.4 Å². The Morgan fingerprint density at radius 2 is 2.14 bits per heavy atom. The summed E-state index contributed by atoms with van der Waals surface area (Å²) in [5.41, 5.74) is 1.23. The Bertz CT molecular complexity index is 430. The van der Waals surface area contributed by atoms with Crippen molar-refractivity contribution in [2.45, 2.75) is 39.7 Å². The highest BCUT2D eigenvalue weighted by Gasteiger charge is 2.13. The Balaban J connectivity index is 1.85. The summed E-state index contributed by atoms with van der Waals surface area (Å²) in [6.07, 6.45) is 3.45. The number of benzene rings is 1. The summed E-state index contributed by atoms with van der Waals surface area (Å²) in [5.74, 6) is 2.33. The predicted molar refractivity (Wildman–Crippen MR) is 88.6 cm³/mol. The lowest BCUT2D eigenvalue weighted by atomic mass is 10.0. The highest BCUT2D eigenvalue weighted by Crippen LogP contribution is 2.28. The number of nitrogens with one attached hydrogen (secondary N) is 1. The summed E-state index contributed by atoms with van der Waals surface area (Å²) in [6, 6.07) is 6.21. The van der Waals surface area contributed by atoms with E-state index >= 15 is 0 Å². The first-order valence-corrected chi connectivity index (χ1v) is 8.50. The summed E-state index contributed by atoms with van der Waals surface area (Å²) < 4.78 is 16.9. The summed E-state index contributed by atoms with van der Waals surface area (Å²) in [5, 5.41) is 3.53. The van der Waals surface area contributed by atoms with E-state index in [0.29, 0.717) is 12.5 Å². The van der Waals surface area contributed by atoms with Gasteiger partial charge >= 0.3 is 0 Å². The normalized spacial score (nSPS) is 18.2. The van der Waals surface area contributed by atoms with Gasteiger partial charge in [-0.1, -0.05) is 13.0 Å². The molecule has 2 rings (SSSR count). The van der Waals surface area contributed by atoms with Gasteiger partial charge in [0.1, 0.15) is 0 Å². The summed E-state index contributed by atoms with van der Waals surface area (Å²) in [4.78, 5) is 0. The molecule has 0 amide bonds. The van der Waals surface area contributed by atoms with Crippen LogP contribution >= 0.6 is 0 Å². The molecule has 1 unspecified atom stereocenters. The van der Waals surface area contributed by atoms with Crippen LogP contribution in [0.25, 0.3) is 0 Å². The first kappa shape index (κ1) is 17.1. The van der Waals surface area contributed by atoms with Crippen LogP contribution in [0, 0.1) is 5.92 Å². The Hall–Kier alpha value is -1.26. The van der Waals surface area contributed by atoms with Gasteiger partial charge in [0.15, 0.2) is 11.5 Å². The predicted octanol–water partition coefficient (Wildman–Crippen LogP) is 3.39. The van der Waals surface area contributed by atoms with Gasteiger partial charge in [-0.25, -0.2) is 0 Å². The van der Waals surface area contributed by atoms with E-state index in [1.165, 1.54) is 18.4 Å². The zero-order valence-corrected chi connectivity index (χ0v) is 13.9. The molecule has 1 aromatic carbocycles. The maximum Gasteiger partial charge on any atom is 0.161 e. The van der Waals surface area contributed by atoms with Gasteiger partial charge in [-0.2, -0.15) is 0 Å². The standard InChI is InChI=1S/C18H29NO3/c1-3-9-22-17-8-7-15(11-18(17)21-4-2)12-19-13-16-6-5-10-20-14-16/h7-8,11,16,19H,3-6,9-10,12-14H2,1-2H3. The Labute approximate surface area is 134 Å². The second-order valence-corrected chi connectivity index (χ2v) is 5.78. The lowest BCUT2D eigenvalue weighted by Gasteiger charge is -2.22. The molecular formula is C18H29NO3. The van der Waals surface area contributed by atoms with Crippen molar-refractivity contribution < 1.29 is 14.2 Å². The van der Waals surface area contributed by atoms with E-state index in [1.807, 2.05) is 13.0 Å². The molecule has 1 atom stereocenters. The van der Waals surface area contributed by atoms with Crippen LogP contribution in [0.15, 0.2) is 18.2 Å². The maximum absolute atomic E-state index is 5.73. The van der Waals surface area contributed by atoms with E-state index in [-0.39, 0.29) is 0 Å². The molecule has 0 spiro atoms. The molecule has 0 saturated carbocycles. The molecule has 22 heavy (non-hydrogen) atoms. The third-order valence-electron chi connectivity index (χ3n) is 3.79. The third kappa shape index (κ3) is 5.50. The van der Waals surface area contributed by atoms with Crippen LogP contribution in [0.4, 0.5) is 0 Å². The highest BCUT2D eigenvalue weighted by atomic mass is 16.5. The molecule has 1 saturated heterocycles. The second kappa shape index (κ2) is 9.70. The zero-order chi connectivity index (χ0) is 15.6. The molecule has 1 aromatic rings. The number of rotatable bonds is 9. The number of ether oxygens (including phenoxy) is 3. The number of hydrogen-bond donors (Lipinski definition) is 1. The van der Waals surface area contributed by atoms with E-state index in [4.69, 9.17) is 14.2 Å². The van der Waals surface area contributed by atoms with Crippen LogP contribution in [-0.4, -0.2) is 33.0 Å². The minimum atomic E-state index is 0.646. The quantitative estimate of drug-likeness (QED) is 0.759. The average Bonchev–Trinajstić information content (AvgIpc) is 2.55. The lowest BCUT2D eigenvalue weighted by Crippen LogP contribution is -2.28. The molecule has 1 fully saturated rings. The SMILES string of the molecule is CCCOc1ccc(CNCC2CCCOC2)cc1OCC. The van der Waals surface area contributed by atoms with Crippen molar-refractivity contribution in [1.82, 2.24) is 5.32 Å². The molecule has 0 aromatic heterocycles. The molecular weight excluding hydrogens is 278 g/mol. The molecule has 0 aliphatic carbocycles. The second-order valence-electron chi connectivity index (χ2n) is 5.78. The van der Waals surface area contributed by atoms with Gasteiger partial charge in [0.2, 0.25) is 0 Å². The minimum absolute atomic E-state index is 0.646. The zero-order valence-electron chi connectivity index (χ0n) is 13.9. The Kier molecular flexibility index (Phi) is 7.54. The van der Waals surface area contributed by atoms with Gasteiger partial charge in [-0.05, 0) is 49.8 Å². The molecule has 4 nitrogen and oxygen atoms in total. The van der Waals surface area contributed by atoms with Crippen molar-refractivity contribution in [3.63, 3.8) is 0 Å². The Morgan fingerprint density at radius 1 is 1.23 bits per heavy atom. The minimum Gasteiger partial charge on any atom is -0.490 e. The van der Waals surface area contributed by atoms with Gasteiger partial charge < -0.3 is 19.5 Å². The molecule has 1 aliphatic rings. The number of hydrogen-bond acceptors (Lipinski definition) is 4. The molecule has 0 bridgehead atoms. The summed E-state index contributed by atoms with van der Waals surface area (Å²) >= 11 is 0. The van der Waals surface area contributed by atoms with Gasteiger partial charge in [0, 0.05) is 19.7 Å². The first-order valence-electron chi connectivity index (χ1n) is 8.50. The molecule has 1 N–H and O–H groups in total. The monoisotopic (exact) mass is 307 g/mol. The molecule has 0 radical (unpaired) electrons. The van der Waals surface area contributed by atoms with Crippen LogP contribution in [-0.2, 0) is 11.3 Å². The van der Waals surface area contributed by atoms with Gasteiger partial charge in [0.25, 0.3) is 0 Å². The van der Waals surface area contributed by atoms with E-state index in [1.54, 1.807) is 0 Å². The fraction of sp³-hybridized carbons (Fsp3) is 0.667. The van der Waals surface area contributed by atoms with Crippen molar-refractivity contribution in [3.05, 3.63) is 23.8 Å². The molecule has 1 aliphatic heterocycles. The van der Waals surface area contributed by atoms with Crippen molar-refractivity contribution in [1.29, 1.82) is 0 Å². The molecule has 1 heterocycles. The first-order chi connectivity index (χ1) is 10.8. The van der Waals surface area contributed by atoms with Crippen molar-refractivity contribution in [2.24, 2.45) is 5.92 Å². The fourth-order valence-corrected chi connectivity index (χ4v) is 2.65. The van der Waals surface area contributed by atoms with Crippen LogP contribution in [0.5, 0.6) is 11.5 Å². The van der Waals surface area contributed by atoms with Crippen LogP contribution in [0.1, 0.15) is 38.7 Å². The lowest BCUT2D eigenvalue weighted by molar-refractivity contribution is 0.0547.